The molecule has 4 N–H and O–H groups in total. The Hall–Kier alpha value is -7.39. The molecule has 0 saturated carbocycles. The zero-order valence-corrected chi connectivity index (χ0v) is 34.9. The van der Waals surface area contributed by atoms with Crippen LogP contribution in [0.25, 0.3) is 28.0 Å². The number of carboxylic acid groups (broad SMARTS) is 3. The van der Waals surface area contributed by atoms with E-state index in [0.717, 1.165) is 50.6 Å². The van der Waals surface area contributed by atoms with Crippen molar-refractivity contribution in [3.63, 3.8) is 0 Å². The molecule has 2 aromatic carbocycles. The van der Waals surface area contributed by atoms with Gasteiger partial charge >= 0.3 is 75.4 Å². The van der Waals surface area contributed by atoms with Crippen molar-refractivity contribution in [1.82, 2.24) is 49.1 Å². The number of benzene rings is 2. The van der Waals surface area contributed by atoms with Crippen LogP contribution in [0.2, 0.25) is 0 Å². The van der Waals surface area contributed by atoms with Gasteiger partial charge in [-0.05, 0) is 43.2 Å². The fraction of sp³-hybridized carbons (Fsp3) is 0.0556. The van der Waals surface area contributed by atoms with Gasteiger partial charge in [0.05, 0.1) is 60.2 Å². The topological polar surface area (TPSA) is 364 Å². The minimum atomic E-state index is -1.67. The molecule has 0 bridgehead atoms. The molecule has 0 unspecified atom stereocenters. The second-order valence-electron chi connectivity index (χ2n) is 12.4. The fourth-order valence-corrected chi connectivity index (χ4v) is 5.68. The molecule has 5 aromatic heterocycles. The largest absolute Gasteiger partial charge is 1.00 e. The third-order valence-electron chi connectivity index (χ3n) is 8.51. The van der Waals surface area contributed by atoms with E-state index in [4.69, 9.17) is 18.0 Å². The summed E-state index contributed by atoms with van der Waals surface area (Å²) in [6, 6.07) is 9.86. The van der Waals surface area contributed by atoms with E-state index in [-0.39, 0.29) is 167 Å². The molecule has 25 nitrogen and oxygen atoms in total. The second kappa shape index (κ2) is 21.3. The molecule has 0 atom stereocenters. The standard InChI is InChI=1S/C36H23N18O7.4Li/c1-16-27(45-47-31-22(12-37)13-42-51(31)23-7-18(15-55)6-19(9-23)33(56)57)29(38)53(49-16)26-4-5-41-36(44-26)54-30(39)28(17(2)50-54)46-48-32-25(40-3)14-43-52(32)24-10-20(34(58)59)8-21(11-24)35(60)61;;;;/h4-11,13-14H,38-39H2,1-2H3,(H,56,57)(H,58,59)(H,60,61);;;;/q-1;4*+1/p-3. The van der Waals surface area contributed by atoms with Gasteiger partial charge < -0.3 is 46.0 Å². The van der Waals surface area contributed by atoms with E-state index < -0.39 is 29.0 Å². The van der Waals surface area contributed by atoms with Gasteiger partial charge in [-0.25, -0.2) is 19.2 Å². The molecule has 0 spiro atoms. The average Bonchev–Trinajstić information content (AvgIpc) is 4.01. The first kappa shape index (κ1) is 52.0. The number of aromatic carboxylic acids is 3. The Balaban J connectivity index is 0.00000281. The van der Waals surface area contributed by atoms with Crippen LogP contribution in [0.4, 0.5) is 40.3 Å². The van der Waals surface area contributed by atoms with E-state index >= 15 is 0 Å². The molecule has 0 aliphatic heterocycles. The van der Waals surface area contributed by atoms with Crippen LogP contribution in [0.5, 0.6) is 0 Å². The average molecular weight is 844 g/mol. The zero-order chi connectivity index (χ0) is 43.7. The fourth-order valence-electron chi connectivity index (χ4n) is 5.68. The Kier molecular flexibility index (Phi) is 17.0. The molecular weight excluding hydrogens is 824 g/mol. The molecule has 65 heavy (non-hydrogen) atoms. The van der Waals surface area contributed by atoms with Crippen molar-refractivity contribution in [2.75, 3.05) is 11.5 Å². The van der Waals surface area contributed by atoms with Crippen LogP contribution in [0.3, 0.4) is 0 Å². The van der Waals surface area contributed by atoms with Crippen molar-refractivity contribution < 1.29 is 110 Å². The zero-order valence-electron chi connectivity index (χ0n) is 34.9. The maximum absolute atomic E-state index is 11.6. The summed E-state index contributed by atoms with van der Waals surface area (Å²) in [5, 5.41) is 78.1. The molecule has 0 amide bonds. The molecule has 0 radical (unpaired) electrons. The number of aryl methyl sites for hydroxylation is 2. The summed E-state index contributed by atoms with van der Waals surface area (Å²) in [5.74, 6) is -5.38. The van der Waals surface area contributed by atoms with Gasteiger partial charge in [0.1, 0.15) is 11.6 Å². The number of carbonyl (C=O) groups is 3. The summed E-state index contributed by atoms with van der Waals surface area (Å²) in [7, 11) is 0. The van der Waals surface area contributed by atoms with Crippen LogP contribution in [0.15, 0.2) is 81.5 Å². The maximum atomic E-state index is 11.6. The van der Waals surface area contributed by atoms with Crippen LogP contribution < -0.4 is 102 Å². The Morgan fingerprint density at radius 1 is 0.738 bits per heavy atom. The molecule has 0 aliphatic rings. The van der Waals surface area contributed by atoms with Gasteiger partial charge in [0.25, 0.3) is 11.6 Å². The Morgan fingerprint density at radius 3 is 1.80 bits per heavy atom. The summed E-state index contributed by atoms with van der Waals surface area (Å²) in [6.45, 7) is 10.7. The van der Waals surface area contributed by atoms with Crippen LogP contribution >= 0.6 is 0 Å². The number of nitriles is 1. The number of nitrogens with zero attached hydrogens (tertiary/aromatic N) is 16. The smallest absolute Gasteiger partial charge is 0.546 e. The van der Waals surface area contributed by atoms with Gasteiger partial charge in [-0.15, -0.1) is 32.1 Å². The van der Waals surface area contributed by atoms with E-state index in [2.05, 4.69) is 55.7 Å². The minimum absolute atomic E-state index is 0. The molecule has 5 heterocycles. The van der Waals surface area contributed by atoms with Crippen molar-refractivity contribution in [2.24, 2.45) is 20.5 Å². The number of hydrogen-bond donors (Lipinski definition) is 2. The number of anilines is 2. The summed E-state index contributed by atoms with van der Waals surface area (Å²) in [5.41, 5.74) is 11.8. The molecule has 7 rings (SSSR count). The number of carbonyl (C=O) groups excluding carboxylic acids is 4. The van der Waals surface area contributed by atoms with Crippen LogP contribution in [-0.2, 0) is 4.79 Å². The van der Waals surface area contributed by atoms with Gasteiger partial charge in [0, 0.05) is 18.0 Å². The van der Waals surface area contributed by atoms with Gasteiger partial charge in [0.15, 0.2) is 40.5 Å². The van der Waals surface area contributed by atoms with Crippen LogP contribution in [0.1, 0.15) is 53.6 Å². The van der Waals surface area contributed by atoms with Crippen molar-refractivity contribution in [3.05, 3.63) is 112 Å². The van der Waals surface area contributed by atoms with Crippen molar-refractivity contribution in [3.8, 4) is 29.2 Å². The third kappa shape index (κ3) is 10.2. The first-order valence-electron chi connectivity index (χ1n) is 16.9. The number of hydrogen-bond acceptors (Lipinski definition) is 20. The monoisotopic (exact) mass is 844 g/mol. The Morgan fingerprint density at radius 2 is 1.25 bits per heavy atom. The summed E-state index contributed by atoms with van der Waals surface area (Å²) in [6.07, 6.45) is 5.25. The number of carboxylic acids is 3. The molecule has 0 fully saturated rings. The number of rotatable bonds is 12. The SMILES string of the molecule is [C-]#[N+]c1cnn(-c2cc(C(=O)[O-])cc(C(=O)[O-])c2)c1N=Nc1c(C)nn(-c2nccc(-n3nc(C)c(N=Nc4c(C#N)cnn4-c4cc([C-]=O)cc(C(=O)[O-])c4)c3N)n2)c1N.[Li+].[Li+].[Li+].[Li+]. The third-order valence-corrected chi connectivity index (χ3v) is 8.51. The molecule has 7 aromatic rings. The summed E-state index contributed by atoms with van der Waals surface area (Å²) < 4.78 is 4.45. The van der Waals surface area contributed by atoms with Gasteiger partial charge in [-0.1, -0.05) is 11.6 Å². The number of aromatic nitrogens is 10. The predicted octanol–water partition coefficient (Wildman–Crippen LogP) is -11.2. The molecule has 0 saturated heterocycles. The van der Waals surface area contributed by atoms with E-state index in [1.54, 1.807) is 20.1 Å². The first-order chi connectivity index (χ1) is 29.2. The maximum Gasteiger partial charge on any atom is 1.00 e. The Bertz CT molecular complexity index is 3130. The van der Waals surface area contributed by atoms with E-state index in [0.29, 0.717) is 0 Å². The predicted molar refractivity (Wildman–Crippen MR) is 199 cm³/mol. The normalized spacial score (nSPS) is 10.5. The number of nitrogens with two attached hydrogens (primary N) is 2. The molecule has 300 valence electrons. The van der Waals surface area contributed by atoms with Gasteiger partial charge in [-0.2, -0.15) is 46.1 Å². The molecule has 0 aliphatic carbocycles. The molecule has 29 heteroatoms. The van der Waals surface area contributed by atoms with E-state index in [1.165, 1.54) is 29.2 Å². The van der Waals surface area contributed by atoms with Crippen molar-refractivity contribution in [2.45, 2.75) is 13.8 Å². The van der Waals surface area contributed by atoms with Crippen molar-refractivity contribution in [1.29, 1.82) is 5.26 Å². The van der Waals surface area contributed by atoms with Crippen LogP contribution in [0, 0.1) is 31.8 Å². The van der Waals surface area contributed by atoms with Gasteiger partial charge in [-0.3, -0.25) is 0 Å². The Labute approximate surface area is 412 Å². The second-order valence-corrected chi connectivity index (χ2v) is 12.4. The number of nitrogen functional groups attached to an aromatic ring is 2. The molecular formula is C36H20Li4N18O7. The minimum Gasteiger partial charge on any atom is -0.546 e. The van der Waals surface area contributed by atoms with Gasteiger partial charge in [0.2, 0.25) is 0 Å². The van der Waals surface area contributed by atoms with Crippen LogP contribution in [-0.4, -0.2) is 73.3 Å². The first-order valence-corrected chi connectivity index (χ1v) is 16.9. The van der Waals surface area contributed by atoms with Crippen molar-refractivity contribution >= 4 is 64.5 Å². The summed E-state index contributed by atoms with van der Waals surface area (Å²) in [4.78, 5) is 58.2. The van der Waals surface area contributed by atoms with E-state index in [9.17, 15) is 39.8 Å². The van der Waals surface area contributed by atoms with E-state index in [1.807, 2.05) is 6.07 Å². The quantitative estimate of drug-likeness (QED) is 0.0655. The summed E-state index contributed by atoms with van der Waals surface area (Å²) >= 11 is 0. The number of azo groups is 2.